The molecule has 2 N–H and O–H groups in total. The number of thiazole rings is 1. The van der Waals surface area contributed by atoms with Crippen LogP contribution in [0.1, 0.15) is 23.2 Å². The van der Waals surface area contributed by atoms with Crippen LogP contribution in [-0.2, 0) is 11.2 Å². The number of aromatic nitrogens is 3. The second kappa shape index (κ2) is 8.05. The molecule has 6 nitrogen and oxygen atoms in total. The number of amides is 1. The number of aryl methyl sites for hydroxylation is 2. The van der Waals surface area contributed by atoms with Crippen LogP contribution in [-0.4, -0.2) is 27.4 Å². The fourth-order valence-corrected chi connectivity index (χ4v) is 3.47. The number of nitrogens with one attached hydrogen (secondary N) is 2. The summed E-state index contributed by atoms with van der Waals surface area (Å²) in [6.07, 6.45) is 2.55. The summed E-state index contributed by atoms with van der Waals surface area (Å²) in [5, 5.41) is 7.06. The predicted molar refractivity (Wildman–Crippen MR) is 105 cm³/mol. The van der Waals surface area contributed by atoms with Crippen molar-refractivity contribution < 1.29 is 4.79 Å². The first-order valence-electron chi connectivity index (χ1n) is 8.39. The summed E-state index contributed by atoms with van der Waals surface area (Å²) < 4.78 is 0. The number of carbonyl (C=O) groups excluding carboxylic acids is 1. The van der Waals surface area contributed by atoms with Crippen LogP contribution in [0.15, 0.2) is 36.5 Å². The highest BCUT2D eigenvalue weighted by Gasteiger charge is 2.10. The van der Waals surface area contributed by atoms with Crippen molar-refractivity contribution in [3.63, 3.8) is 0 Å². The smallest absolute Gasteiger partial charge is 0.227 e. The number of anilines is 2. The fourth-order valence-electron chi connectivity index (χ4n) is 2.58. The molecule has 134 valence electrons. The summed E-state index contributed by atoms with van der Waals surface area (Å²) in [5.41, 5.74) is 3.94. The lowest BCUT2D eigenvalue weighted by atomic mass is 10.1. The summed E-state index contributed by atoms with van der Waals surface area (Å²) >= 11 is 1.63. The number of hydrogen-bond donors (Lipinski definition) is 2. The molecule has 3 aromatic rings. The van der Waals surface area contributed by atoms with Crippen molar-refractivity contribution in [2.45, 2.75) is 27.2 Å². The fraction of sp³-hybridized carbons (Fsp3) is 0.263. The van der Waals surface area contributed by atoms with Gasteiger partial charge in [0.2, 0.25) is 11.9 Å². The van der Waals surface area contributed by atoms with E-state index >= 15 is 0 Å². The van der Waals surface area contributed by atoms with E-state index in [4.69, 9.17) is 0 Å². The normalized spacial score (nSPS) is 10.6. The van der Waals surface area contributed by atoms with Crippen LogP contribution in [0.4, 0.5) is 11.6 Å². The molecule has 2 aromatic heterocycles. The number of benzene rings is 1. The molecule has 1 amide bonds. The molecule has 1 aromatic carbocycles. The number of carbonyl (C=O) groups is 1. The highest BCUT2D eigenvalue weighted by molar-refractivity contribution is 7.15. The van der Waals surface area contributed by atoms with Crippen molar-refractivity contribution in [1.82, 2.24) is 20.3 Å². The molecule has 3 rings (SSSR count). The molecule has 0 unspecified atom stereocenters. The summed E-state index contributed by atoms with van der Waals surface area (Å²) in [6.45, 7) is 6.15. The Morgan fingerprint density at radius 1 is 1.12 bits per heavy atom. The van der Waals surface area contributed by atoms with Gasteiger partial charge in [0.15, 0.2) is 0 Å². The Morgan fingerprint density at radius 2 is 1.88 bits per heavy atom. The second-order valence-electron chi connectivity index (χ2n) is 5.97. The first-order valence-corrected chi connectivity index (χ1v) is 9.21. The van der Waals surface area contributed by atoms with E-state index in [2.05, 4.69) is 25.6 Å². The van der Waals surface area contributed by atoms with E-state index in [1.165, 1.54) is 6.92 Å². The van der Waals surface area contributed by atoms with Crippen molar-refractivity contribution in [1.29, 1.82) is 0 Å². The average molecular weight is 367 g/mol. The highest BCUT2D eigenvalue weighted by Crippen LogP contribution is 2.28. The van der Waals surface area contributed by atoms with Crippen LogP contribution in [0.2, 0.25) is 0 Å². The quantitative estimate of drug-likeness (QED) is 0.695. The van der Waals surface area contributed by atoms with Gasteiger partial charge < -0.3 is 10.6 Å². The van der Waals surface area contributed by atoms with Crippen LogP contribution in [0.5, 0.6) is 0 Å². The van der Waals surface area contributed by atoms with Gasteiger partial charge in [0.05, 0.1) is 21.3 Å². The Morgan fingerprint density at radius 3 is 2.54 bits per heavy atom. The van der Waals surface area contributed by atoms with Gasteiger partial charge in [0.1, 0.15) is 0 Å². The van der Waals surface area contributed by atoms with E-state index in [1.54, 1.807) is 17.5 Å². The van der Waals surface area contributed by atoms with Crippen LogP contribution in [0.25, 0.3) is 10.6 Å². The lowest BCUT2D eigenvalue weighted by Crippen LogP contribution is -2.22. The molecule has 0 aliphatic carbocycles. The van der Waals surface area contributed by atoms with Crippen LogP contribution >= 0.6 is 11.3 Å². The monoisotopic (exact) mass is 367 g/mol. The molecule has 0 atom stereocenters. The molecule has 0 saturated carbocycles. The Hall–Kier alpha value is -2.80. The molecule has 0 aliphatic heterocycles. The molecule has 0 spiro atoms. The Kier molecular flexibility index (Phi) is 5.58. The van der Waals surface area contributed by atoms with E-state index in [9.17, 15) is 4.79 Å². The van der Waals surface area contributed by atoms with Gasteiger partial charge in [-0.3, -0.25) is 4.79 Å². The van der Waals surface area contributed by atoms with Gasteiger partial charge in [-0.2, -0.15) is 0 Å². The first-order chi connectivity index (χ1) is 12.5. The minimum Gasteiger partial charge on any atom is -0.356 e. The molecular formula is C19H21N5OS. The zero-order valence-electron chi connectivity index (χ0n) is 15.0. The molecule has 7 heteroatoms. The Labute approximate surface area is 156 Å². The van der Waals surface area contributed by atoms with Gasteiger partial charge in [-0.15, -0.1) is 11.3 Å². The van der Waals surface area contributed by atoms with Gasteiger partial charge in [0.25, 0.3) is 0 Å². The molecule has 0 aliphatic rings. The lowest BCUT2D eigenvalue weighted by molar-refractivity contribution is -0.118. The van der Waals surface area contributed by atoms with E-state index < -0.39 is 0 Å². The summed E-state index contributed by atoms with van der Waals surface area (Å²) in [6, 6.07) is 9.94. The van der Waals surface area contributed by atoms with Gasteiger partial charge in [-0.05, 0) is 44.0 Å². The zero-order valence-corrected chi connectivity index (χ0v) is 15.9. The third-order valence-electron chi connectivity index (χ3n) is 3.79. The van der Waals surface area contributed by atoms with Gasteiger partial charge >= 0.3 is 0 Å². The Balaban J connectivity index is 1.68. The van der Waals surface area contributed by atoms with E-state index in [0.29, 0.717) is 12.5 Å². The topological polar surface area (TPSA) is 79.8 Å². The zero-order chi connectivity index (χ0) is 18.5. The van der Waals surface area contributed by atoms with Crippen molar-refractivity contribution >= 4 is 28.9 Å². The average Bonchev–Trinajstić information content (AvgIpc) is 2.95. The maximum Gasteiger partial charge on any atom is 0.227 e. The minimum atomic E-state index is -0.00770. The van der Waals surface area contributed by atoms with Crippen molar-refractivity contribution in [2.24, 2.45) is 0 Å². The largest absolute Gasteiger partial charge is 0.356 e. The number of hydrogen-bond acceptors (Lipinski definition) is 6. The third kappa shape index (κ3) is 4.64. The SMILES string of the molecule is CC(=O)NCCc1ccc(Nc2nccc(-c3sc(C)nc3C)n2)cc1. The molecular weight excluding hydrogens is 346 g/mol. The standard InChI is InChI=1S/C19H21N5OS/c1-12-18(26-14(3)22-12)17-9-11-21-19(24-17)23-16-6-4-15(5-7-16)8-10-20-13(2)25/h4-7,9,11H,8,10H2,1-3H3,(H,20,25)(H,21,23,24). The summed E-state index contributed by atoms with van der Waals surface area (Å²) in [7, 11) is 0. The van der Waals surface area contributed by atoms with E-state index in [-0.39, 0.29) is 5.91 Å². The van der Waals surface area contributed by atoms with Crippen LogP contribution in [0.3, 0.4) is 0 Å². The van der Waals surface area contributed by atoms with Crippen LogP contribution < -0.4 is 10.6 Å². The lowest BCUT2D eigenvalue weighted by Gasteiger charge is -2.08. The van der Waals surface area contributed by atoms with E-state index in [0.717, 1.165) is 38.9 Å². The third-order valence-corrected chi connectivity index (χ3v) is 4.88. The van der Waals surface area contributed by atoms with Crippen molar-refractivity contribution in [3.05, 3.63) is 52.8 Å². The van der Waals surface area contributed by atoms with Gasteiger partial charge in [-0.1, -0.05) is 12.1 Å². The molecule has 0 saturated heterocycles. The van der Waals surface area contributed by atoms with Crippen molar-refractivity contribution in [3.8, 4) is 10.6 Å². The molecule has 0 bridgehead atoms. The molecule has 0 fully saturated rings. The maximum atomic E-state index is 10.9. The van der Waals surface area contributed by atoms with Gasteiger partial charge in [-0.25, -0.2) is 15.0 Å². The maximum absolute atomic E-state index is 10.9. The Bertz CT molecular complexity index is 905. The summed E-state index contributed by atoms with van der Waals surface area (Å²) in [5.74, 6) is 0.547. The minimum absolute atomic E-state index is 0.00770. The number of nitrogens with zero attached hydrogens (tertiary/aromatic N) is 3. The number of rotatable bonds is 6. The molecule has 26 heavy (non-hydrogen) atoms. The summed E-state index contributed by atoms with van der Waals surface area (Å²) in [4.78, 5) is 25.3. The first kappa shape index (κ1) is 18.0. The molecule has 2 heterocycles. The molecule has 0 radical (unpaired) electrons. The highest BCUT2D eigenvalue weighted by atomic mass is 32.1. The van der Waals surface area contributed by atoms with Crippen LogP contribution in [0, 0.1) is 13.8 Å². The second-order valence-corrected chi connectivity index (χ2v) is 7.17. The van der Waals surface area contributed by atoms with Crippen molar-refractivity contribution in [2.75, 3.05) is 11.9 Å². The van der Waals surface area contributed by atoms with Gasteiger partial charge in [0, 0.05) is 25.4 Å². The predicted octanol–water partition coefficient (Wildman–Crippen LogP) is 3.64. The van der Waals surface area contributed by atoms with E-state index in [1.807, 2.05) is 44.2 Å².